The Morgan fingerprint density at radius 2 is 0.543 bits per heavy atom. The number of aryl methyl sites for hydroxylation is 8. The topological polar surface area (TPSA) is 6.48 Å². The SMILES string of the molecule is Cc1ccc(N(c2ccc(C)c(C)c2)c2cc(-c3cccc4ccccc34)c3ccc4c(N(c5ccc(C)c(C)c5)c5ccc(C)c(C)c5)cc(-c5cccc6ccccc56)c5ccc2c3c54)cc1C. The first kappa shape index (κ1) is 43.1. The number of anilines is 6. The summed E-state index contributed by atoms with van der Waals surface area (Å²) in [6, 6.07) is 73.7. The minimum Gasteiger partial charge on any atom is -0.310 e. The van der Waals surface area contributed by atoms with E-state index in [0.29, 0.717) is 0 Å². The lowest BCUT2D eigenvalue weighted by molar-refractivity contribution is 1.24. The third-order valence-electron chi connectivity index (χ3n) is 15.5. The van der Waals surface area contributed by atoms with Crippen LogP contribution in [0.3, 0.4) is 0 Å². The van der Waals surface area contributed by atoms with Gasteiger partial charge in [0.15, 0.2) is 0 Å². The van der Waals surface area contributed by atoms with Crippen LogP contribution in [-0.2, 0) is 0 Å². The molecular weight excluding hydrogens is 845 g/mol. The maximum absolute atomic E-state index is 2.52. The highest BCUT2D eigenvalue weighted by Gasteiger charge is 2.27. The smallest absolute Gasteiger partial charge is 0.0546 e. The van der Waals surface area contributed by atoms with Crippen LogP contribution in [-0.4, -0.2) is 0 Å². The van der Waals surface area contributed by atoms with E-state index >= 15 is 0 Å². The molecule has 0 spiro atoms. The number of hydrogen-bond donors (Lipinski definition) is 0. The van der Waals surface area contributed by atoms with Crippen LogP contribution >= 0.6 is 0 Å². The van der Waals surface area contributed by atoms with Gasteiger partial charge in [0.2, 0.25) is 0 Å². The Bertz CT molecular complexity index is 3680. The Balaban J connectivity index is 1.29. The fourth-order valence-corrected chi connectivity index (χ4v) is 11.0. The normalized spacial score (nSPS) is 11.7. The van der Waals surface area contributed by atoms with Gasteiger partial charge in [0.05, 0.1) is 11.4 Å². The van der Waals surface area contributed by atoms with Crippen LogP contribution in [0.1, 0.15) is 44.5 Å². The second kappa shape index (κ2) is 16.8. The highest BCUT2D eigenvalue weighted by Crippen LogP contribution is 2.53. The van der Waals surface area contributed by atoms with Crippen LogP contribution in [0, 0.1) is 55.4 Å². The van der Waals surface area contributed by atoms with Gasteiger partial charge in [-0.25, -0.2) is 0 Å². The average Bonchev–Trinajstić information content (AvgIpc) is 3.37. The predicted octanol–water partition coefficient (Wildman–Crippen LogP) is 19.6. The van der Waals surface area contributed by atoms with E-state index in [1.807, 2.05) is 0 Å². The van der Waals surface area contributed by atoms with E-state index in [4.69, 9.17) is 0 Å². The molecule has 70 heavy (non-hydrogen) atoms. The molecule has 0 unspecified atom stereocenters. The first-order chi connectivity index (χ1) is 34.0. The highest BCUT2D eigenvalue weighted by atomic mass is 15.2. The van der Waals surface area contributed by atoms with E-state index in [1.54, 1.807) is 0 Å². The Morgan fingerprint density at radius 3 is 0.886 bits per heavy atom. The van der Waals surface area contributed by atoms with Crippen molar-refractivity contribution < 1.29 is 0 Å². The van der Waals surface area contributed by atoms with Crippen molar-refractivity contribution in [1.82, 2.24) is 0 Å². The summed E-state index contributed by atoms with van der Waals surface area (Å²) in [6.07, 6.45) is 0. The quantitative estimate of drug-likeness (QED) is 0.140. The van der Waals surface area contributed by atoms with Crippen LogP contribution in [0.5, 0.6) is 0 Å². The Kier molecular flexibility index (Phi) is 10.3. The molecule has 0 N–H and O–H groups in total. The molecule has 0 aliphatic heterocycles. The molecule has 0 amide bonds. The highest BCUT2D eigenvalue weighted by molar-refractivity contribution is 6.33. The van der Waals surface area contributed by atoms with Gasteiger partial charge in [-0.05, 0) is 215 Å². The molecule has 2 heteroatoms. The van der Waals surface area contributed by atoms with Crippen LogP contribution < -0.4 is 9.80 Å². The third-order valence-corrected chi connectivity index (χ3v) is 15.5. The minimum atomic E-state index is 1.14. The van der Waals surface area contributed by atoms with Crippen molar-refractivity contribution in [3.8, 4) is 22.3 Å². The fraction of sp³-hybridized carbons (Fsp3) is 0.118. The summed E-state index contributed by atoms with van der Waals surface area (Å²) < 4.78 is 0. The van der Waals surface area contributed by atoms with Crippen molar-refractivity contribution in [2.24, 2.45) is 0 Å². The summed E-state index contributed by atoms with van der Waals surface area (Å²) >= 11 is 0. The molecule has 12 rings (SSSR count). The lowest BCUT2D eigenvalue weighted by atomic mass is 9.84. The average molecular weight is 901 g/mol. The maximum atomic E-state index is 2.52. The van der Waals surface area contributed by atoms with Gasteiger partial charge in [-0.2, -0.15) is 0 Å². The summed E-state index contributed by atoms with van der Waals surface area (Å²) in [7, 11) is 0. The van der Waals surface area contributed by atoms with E-state index in [9.17, 15) is 0 Å². The number of hydrogen-bond acceptors (Lipinski definition) is 2. The van der Waals surface area contributed by atoms with Crippen molar-refractivity contribution in [3.05, 3.63) is 239 Å². The van der Waals surface area contributed by atoms with Crippen molar-refractivity contribution in [3.63, 3.8) is 0 Å². The van der Waals surface area contributed by atoms with Crippen LogP contribution in [0.25, 0.3) is 76.1 Å². The summed E-state index contributed by atoms with van der Waals surface area (Å²) in [5, 5.41) is 12.3. The van der Waals surface area contributed by atoms with E-state index in [1.165, 1.54) is 121 Å². The van der Waals surface area contributed by atoms with E-state index in [-0.39, 0.29) is 0 Å². The summed E-state index contributed by atoms with van der Waals surface area (Å²) in [5.74, 6) is 0. The molecular formula is C68H56N2. The molecule has 0 atom stereocenters. The molecule has 12 aromatic rings. The van der Waals surface area contributed by atoms with Crippen LogP contribution in [0.4, 0.5) is 34.1 Å². The lowest BCUT2D eigenvalue weighted by Crippen LogP contribution is -2.13. The zero-order chi connectivity index (χ0) is 47.9. The number of fused-ring (bicyclic) bond motifs is 2. The molecule has 0 saturated heterocycles. The standard InChI is InChI=1S/C68H56N2/c1-41-23-27-51(35-45(41)5)69(52-28-24-42(2)46(6)36-52)65-39-63(57-21-13-17-49-15-9-11-19-55(49)57)59-32-34-62-66(70(53-29-25-43(3)47(7)37-53)54-30-26-44(4)48(8)38-54)40-64(60-31-33-61(65)67(59)68(60)62)58-22-14-18-50-16-10-12-20-56(50)58/h9-40H,1-8H3. The summed E-state index contributed by atoms with van der Waals surface area (Å²) in [6.45, 7) is 17.8. The lowest BCUT2D eigenvalue weighted by Gasteiger charge is -2.32. The van der Waals surface area contributed by atoms with Crippen molar-refractivity contribution in [2.75, 3.05) is 9.80 Å². The number of nitrogens with zero attached hydrogens (tertiary/aromatic N) is 2. The Hall–Kier alpha value is -8.20. The second-order valence-electron chi connectivity index (χ2n) is 19.8. The molecule has 338 valence electrons. The predicted molar refractivity (Wildman–Crippen MR) is 303 cm³/mol. The first-order valence-electron chi connectivity index (χ1n) is 24.7. The van der Waals surface area contributed by atoms with Gasteiger partial charge in [-0.1, -0.05) is 133 Å². The first-order valence-corrected chi connectivity index (χ1v) is 24.7. The number of benzene rings is 12. The van der Waals surface area contributed by atoms with Gasteiger partial charge < -0.3 is 9.80 Å². The molecule has 0 bridgehead atoms. The number of rotatable bonds is 8. The van der Waals surface area contributed by atoms with E-state index in [0.717, 1.165) is 34.1 Å². The van der Waals surface area contributed by atoms with Gasteiger partial charge in [-0.15, -0.1) is 0 Å². The zero-order valence-electron chi connectivity index (χ0n) is 41.4. The molecule has 0 aromatic heterocycles. The van der Waals surface area contributed by atoms with E-state index < -0.39 is 0 Å². The summed E-state index contributed by atoms with van der Waals surface area (Å²) in [4.78, 5) is 5.03. The van der Waals surface area contributed by atoms with Crippen LogP contribution in [0.15, 0.2) is 194 Å². The van der Waals surface area contributed by atoms with Crippen LogP contribution in [0.2, 0.25) is 0 Å². The molecule has 2 nitrogen and oxygen atoms in total. The Labute approximate surface area is 412 Å². The molecule has 0 fully saturated rings. The minimum absolute atomic E-state index is 1.14. The Morgan fingerprint density at radius 1 is 0.229 bits per heavy atom. The molecule has 0 radical (unpaired) electrons. The summed E-state index contributed by atoms with van der Waals surface area (Å²) in [5.41, 5.74) is 21.9. The van der Waals surface area contributed by atoms with Gasteiger partial charge in [-0.3, -0.25) is 0 Å². The van der Waals surface area contributed by atoms with Gasteiger partial charge in [0.1, 0.15) is 0 Å². The third kappa shape index (κ3) is 7.01. The molecule has 0 saturated carbocycles. The van der Waals surface area contributed by atoms with Gasteiger partial charge in [0, 0.05) is 44.3 Å². The van der Waals surface area contributed by atoms with E-state index in [2.05, 4.69) is 259 Å². The monoisotopic (exact) mass is 900 g/mol. The van der Waals surface area contributed by atoms with Crippen molar-refractivity contribution in [1.29, 1.82) is 0 Å². The maximum Gasteiger partial charge on any atom is 0.0546 e. The van der Waals surface area contributed by atoms with Gasteiger partial charge in [0.25, 0.3) is 0 Å². The fourth-order valence-electron chi connectivity index (χ4n) is 11.0. The molecule has 0 aliphatic carbocycles. The molecule has 0 heterocycles. The van der Waals surface area contributed by atoms with Crippen molar-refractivity contribution >= 4 is 88.0 Å². The molecule has 0 aliphatic rings. The molecule has 12 aromatic carbocycles. The second-order valence-corrected chi connectivity index (χ2v) is 19.8. The zero-order valence-corrected chi connectivity index (χ0v) is 41.4. The van der Waals surface area contributed by atoms with Gasteiger partial charge >= 0.3 is 0 Å². The largest absolute Gasteiger partial charge is 0.310 e. The van der Waals surface area contributed by atoms with Crippen molar-refractivity contribution in [2.45, 2.75) is 55.4 Å².